The number of carbonyl (C=O) groups is 1. The summed E-state index contributed by atoms with van der Waals surface area (Å²) < 4.78 is 5.18. The van der Waals surface area contributed by atoms with E-state index in [1.807, 2.05) is 24.3 Å². The zero-order chi connectivity index (χ0) is 14.1. The first-order valence-electron chi connectivity index (χ1n) is 6.24. The molecule has 0 bridgehead atoms. The summed E-state index contributed by atoms with van der Waals surface area (Å²) >= 11 is 0. The molecule has 3 aromatic rings. The van der Waals surface area contributed by atoms with Gasteiger partial charge in [-0.15, -0.1) is 0 Å². The predicted molar refractivity (Wildman–Crippen MR) is 79.1 cm³/mol. The molecule has 4 nitrogen and oxygen atoms in total. The number of anilines is 1. The molecule has 0 fully saturated rings. The molecule has 0 saturated carbocycles. The van der Waals surface area contributed by atoms with Gasteiger partial charge >= 0.3 is 0 Å². The van der Waals surface area contributed by atoms with Crippen molar-refractivity contribution in [3.63, 3.8) is 0 Å². The van der Waals surface area contributed by atoms with Crippen LogP contribution in [0.25, 0.3) is 10.9 Å². The first-order valence-corrected chi connectivity index (χ1v) is 6.24. The van der Waals surface area contributed by atoms with Crippen molar-refractivity contribution in [1.82, 2.24) is 4.98 Å². The number of aromatic amines is 1. The van der Waals surface area contributed by atoms with Crippen molar-refractivity contribution in [2.45, 2.75) is 0 Å². The second kappa shape index (κ2) is 4.74. The van der Waals surface area contributed by atoms with E-state index in [-0.39, 0.29) is 5.78 Å². The minimum atomic E-state index is -0.0554. The van der Waals surface area contributed by atoms with E-state index in [0.717, 1.165) is 16.7 Å². The van der Waals surface area contributed by atoms with Crippen LogP contribution in [-0.2, 0) is 0 Å². The molecule has 3 rings (SSSR count). The molecule has 100 valence electrons. The summed E-state index contributed by atoms with van der Waals surface area (Å²) in [5.74, 6) is 0.711. The van der Waals surface area contributed by atoms with Crippen LogP contribution in [0.2, 0.25) is 0 Å². The molecule has 0 unspecified atom stereocenters. The van der Waals surface area contributed by atoms with Gasteiger partial charge in [0.05, 0.1) is 12.8 Å². The van der Waals surface area contributed by atoms with Gasteiger partial charge in [-0.1, -0.05) is 0 Å². The second-order valence-corrected chi connectivity index (χ2v) is 4.59. The number of methoxy groups -OCH3 is 1. The van der Waals surface area contributed by atoms with Crippen LogP contribution in [0.3, 0.4) is 0 Å². The number of nitrogen functional groups attached to an aromatic ring is 1. The molecule has 0 aliphatic rings. The number of H-pyrrole nitrogens is 1. The number of fused-ring (bicyclic) bond motifs is 1. The highest BCUT2D eigenvalue weighted by Crippen LogP contribution is 2.22. The minimum absolute atomic E-state index is 0.0554. The summed E-state index contributed by atoms with van der Waals surface area (Å²) in [6, 6.07) is 14.4. The van der Waals surface area contributed by atoms with Crippen molar-refractivity contribution in [2.24, 2.45) is 0 Å². The van der Waals surface area contributed by atoms with E-state index in [9.17, 15) is 4.79 Å². The van der Waals surface area contributed by atoms with Crippen LogP contribution in [0, 0.1) is 0 Å². The molecule has 0 amide bonds. The quantitative estimate of drug-likeness (QED) is 0.565. The lowest BCUT2D eigenvalue weighted by Gasteiger charge is -1.98. The number of rotatable bonds is 3. The smallest absolute Gasteiger partial charge is 0.209 e. The lowest BCUT2D eigenvalue weighted by atomic mass is 10.1. The molecule has 4 heteroatoms. The maximum Gasteiger partial charge on any atom is 0.209 e. The summed E-state index contributed by atoms with van der Waals surface area (Å²) in [6.45, 7) is 0. The Bertz CT molecular complexity index is 773. The number of aromatic nitrogens is 1. The number of nitrogens with two attached hydrogens (primary N) is 1. The van der Waals surface area contributed by atoms with Crippen LogP contribution >= 0.6 is 0 Å². The highest BCUT2D eigenvalue weighted by molar-refractivity contribution is 6.10. The Hall–Kier alpha value is -2.75. The van der Waals surface area contributed by atoms with E-state index >= 15 is 0 Å². The third-order valence-electron chi connectivity index (χ3n) is 3.25. The Morgan fingerprint density at radius 3 is 2.55 bits per heavy atom. The van der Waals surface area contributed by atoms with Crippen molar-refractivity contribution in [1.29, 1.82) is 0 Å². The van der Waals surface area contributed by atoms with E-state index in [2.05, 4.69) is 4.98 Å². The van der Waals surface area contributed by atoms with Crippen LogP contribution < -0.4 is 10.5 Å². The van der Waals surface area contributed by atoms with E-state index in [1.54, 1.807) is 31.4 Å². The standard InChI is InChI=1S/C16H14N2O2/c1-20-13-6-7-14-11(8-13)9-15(18-14)16(19)10-2-4-12(17)5-3-10/h2-9,18H,17H2,1H3. The maximum atomic E-state index is 12.4. The first-order chi connectivity index (χ1) is 9.67. The fourth-order valence-corrected chi connectivity index (χ4v) is 2.15. The van der Waals surface area contributed by atoms with Crippen LogP contribution in [0.4, 0.5) is 5.69 Å². The predicted octanol–water partition coefficient (Wildman–Crippen LogP) is 2.99. The molecule has 0 spiro atoms. The van der Waals surface area contributed by atoms with Gasteiger partial charge in [-0.2, -0.15) is 0 Å². The molecular weight excluding hydrogens is 252 g/mol. The minimum Gasteiger partial charge on any atom is -0.497 e. The van der Waals surface area contributed by atoms with Crippen molar-refractivity contribution in [3.05, 3.63) is 59.8 Å². The molecule has 2 aromatic carbocycles. The molecule has 3 N–H and O–H groups in total. The van der Waals surface area contributed by atoms with Gasteiger partial charge in [0.2, 0.25) is 5.78 Å². The zero-order valence-corrected chi connectivity index (χ0v) is 11.0. The van der Waals surface area contributed by atoms with Gasteiger partial charge in [-0.3, -0.25) is 4.79 Å². The molecule has 0 aliphatic heterocycles. The molecule has 1 heterocycles. The molecule has 1 aromatic heterocycles. The SMILES string of the molecule is COc1ccc2[nH]c(C(=O)c3ccc(N)cc3)cc2c1. The van der Waals surface area contributed by atoms with Crippen LogP contribution in [0.15, 0.2) is 48.5 Å². The molecule has 20 heavy (non-hydrogen) atoms. The fraction of sp³-hybridized carbons (Fsp3) is 0.0625. The third kappa shape index (κ3) is 2.12. The summed E-state index contributed by atoms with van der Waals surface area (Å²) in [5, 5.41) is 0.947. The van der Waals surface area contributed by atoms with Gasteiger partial charge in [0.1, 0.15) is 5.75 Å². The number of ether oxygens (including phenoxy) is 1. The van der Waals surface area contributed by atoms with Gasteiger partial charge in [0.25, 0.3) is 0 Å². The number of benzene rings is 2. The van der Waals surface area contributed by atoms with Gasteiger partial charge < -0.3 is 15.5 Å². The number of hydrogen-bond donors (Lipinski definition) is 2. The van der Waals surface area contributed by atoms with E-state index < -0.39 is 0 Å². The van der Waals surface area contributed by atoms with Gasteiger partial charge in [0, 0.05) is 22.2 Å². The number of carbonyl (C=O) groups excluding carboxylic acids is 1. The summed E-state index contributed by atoms with van der Waals surface area (Å²) in [7, 11) is 1.62. The Morgan fingerprint density at radius 2 is 1.85 bits per heavy atom. The Balaban J connectivity index is 2.01. The average Bonchev–Trinajstić information content (AvgIpc) is 2.90. The average molecular weight is 266 g/mol. The summed E-state index contributed by atoms with van der Waals surface area (Å²) in [4.78, 5) is 15.5. The van der Waals surface area contributed by atoms with E-state index in [1.165, 1.54) is 0 Å². The molecule has 0 atom stereocenters. The van der Waals surface area contributed by atoms with E-state index in [4.69, 9.17) is 10.5 Å². The Labute approximate surface area is 116 Å². The topological polar surface area (TPSA) is 68.1 Å². The van der Waals surface area contributed by atoms with Gasteiger partial charge in [-0.05, 0) is 48.5 Å². The summed E-state index contributed by atoms with van der Waals surface area (Å²) in [5.41, 5.74) is 8.34. The molecule has 0 saturated heterocycles. The van der Waals surface area contributed by atoms with Crippen molar-refractivity contribution in [2.75, 3.05) is 12.8 Å². The fourth-order valence-electron chi connectivity index (χ4n) is 2.15. The van der Waals surface area contributed by atoms with Gasteiger partial charge in [0.15, 0.2) is 0 Å². The normalized spacial score (nSPS) is 10.7. The summed E-state index contributed by atoms with van der Waals surface area (Å²) in [6.07, 6.45) is 0. The maximum absolute atomic E-state index is 12.4. The first kappa shape index (κ1) is 12.3. The molecule has 0 aliphatic carbocycles. The zero-order valence-electron chi connectivity index (χ0n) is 11.0. The van der Waals surface area contributed by atoms with E-state index in [0.29, 0.717) is 16.9 Å². The van der Waals surface area contributed by atoms with Crippen molar-refractivity contribution >= 4 is 22.4 Å². The lowest BCUT2D eigenvalue weighted by molar-refractivity contribution is 0.103. The lowest BCUT2D eigenvalue weighted by Crippen LogP contribution is -2.01. The third-order valence-corrected chi connectivity index (χ3v) is 3.25. The van der Waals surface area contributed by atoms with Gasteiger partial charge in [-0.25, -0.2) is 0 Å². The number of ketones is 1. The van der Waals surface area contributed by atoms with Crippen molar-refractivity contribution < 1.29 is 9.53 Å². The van der Waals surface area contributed by atoms with Crippen LogP contribution in [0.5, 0.6) is 5.75 Å². The molecular formula is C16H14N2O2. The largest absolute Gasteiger partial charge is 0.497 e. The molecule has 0 radical (unpaired) electrons. The number of hydrogen-bond acceptors (Lipinski definition) is 3. The Kier molecular flexibility index (Phi) is 2.91. The number of nitrogens with one attached hydrogen (secondary N) is 1. The highest BCUT2D eigenvalue weighted by Gasteiger charge is 2.12. The van der Waals surface area contributed by atoms with Crippen LogP contribution in [-0.4, -0.2) is 17.9 Å². The monoisotopic (exact) mass is 266 g/mol. The second-order valence-electron chi connectivity index (χ2n) is 4.59. The van der Waals surface area contributed by atoms with Crippen LogP contribution in [0.1, 0.15) is 16.1 Å². The highest BCUT2D eigenvalue weighted by atomic mass is 16.5. The Morgan fingerprint density at radius 1 is 1.10 bits per heavy atom. The van der Waals surface area contributed by atoms with Crippen molar-refractivity contribution in [3.8, 4) is 5.75 Å².